The van der Waals surface area contributed by atoms with Crippen molar-refractivity contribution >= 4 is 27.3 Å². The highest BCUT2D eigenvalue weighted by Crippen LogP contribution is 2.32. The fourth-order valence-electron chi connectivity index (χ4n) is 3.59. The molecule has 1 saturated heterocycles. The molecule has 1 heterocycles. The highest BCUT2D eigenvalue weighted by Gasteiger charge is 2.26. The smallest absolute Gasteiger partial charge is 0.258 e. The van der Waals surface area contributed by atoms with Gasteiger partial charge in [0.1, 0.15) is 17.3 Å². The molecule has 30 heavy (non-hydrogen) atoms. The van der Waals surface area contributed by atoms with Crippen molar-refractivity contribution < 1.29 is 22.0 Å². The van der Waals surface area contributed by atoms with Gasteiger partial charge in [0.05, 0.1) is 16.1 Å². The standard InChI is InChI=1S/C21H25F2N3O3S/c1-3-26(4-2)30(28,29)15-10-11-17(22)16(14-15)21(27)24-20-18(23)8-7-9-19(20)25-12-5-6-13-25/h7-11,14H,3-6,12-13H2,1-2H3,(H,24,27). The second kappa shape index (κ2) is 9.09. The largest absolute Gasteiger partial charge is 0.370 e. The van der Waals surface area contributed by atoms with E-state index < -0.39 is 33.1 Å². The topological polar surface area (TPSA) is 69.7 Å². The molecule has 0 bridgehead atoms. The summed E-state index contributed by atoms with van der Waals surface area (Å²) in [6, 6.07) is 7.52. The summed E-state index contributed by atoms with van der Waals surface area (Å²) in [5.74, 6) is -2.43. The quantitative estimate of drug-likeness (QED) is 0.715. The molecule has 1 N–H and O–H groups in total. The lowest BCUT2D eigenvalue weighted by atomic mass is 10.1. The van der Waals surface area contributed by atoms with E-state index in [2.05, 4.69) is 5.32 Å². The van der Waals surface area contributed by atoms with Crippen LogP contribution in [0.5, 0.6) is 0 Å². The van der Waals surface area contributed by atoms with E-state index in [1.54, 1.807) is 26.0 Å². The number of nitrogens with zero attached hydrogens (tertiary/aromatic N) is 2. The van der Waals surface area contributed by atoms with Crippen LogP contribution in [0.4, 0.5) is 20.2 Å². The predicted octanol–water partition coefficient (Wildman–Crippen LogP) is 3.85. The van der Waals surface area contributed by atoms with Crippen LogP contribution in [0.3, 0.4) is 0 Å². The summed E-state index contributed by atoms with van der Waals surface area (Å²) in [4.78, 5) is 14.6. The zero-order valence-electron chi connectivity index (χ0n) is 17.0. The van der Waals surface area contributed by atoms with Gasteiger partial charge in [-0.1, -0.05) is 19.9 Å². The van der Waals surface area contributed by atoms with Gasteiger partial charge < -0.3 is 10.2 Å². The summed E-state index contributed by atoms with van der Waals surface area (Å²) in [5.41, 5.74) is 0.0211. The third kappa shape index (κ3) is 4.32. The average molecular weight is 438 g/mol. The van der Waals surface area contributed by atoms with Crippen LogP contribution in [0, 0.1) is 11.6 Å². The van der Waals surface area contributed by atoms with E-state index in [0.29, 0.717) is 5.69 Å². The van der Waals surface area contributed by atoms with E-state index in [0.717, 1.165) is 44.1 Å². The van der Waals surface area contributed by atoms with Crippen LogP contribution < -0.4 is 10.2 Å². The average Bonchev–Trinajstić information content (AvgIpc) is 3.25. The first-order chi connectivity index (χ1) is 14.3. The third-order valence-electron chi connectivity index (χ3n) is 5.20. The number of anilines is 2. The molecule has 0 aromatic heterocycles. The second-order valence-corrected chi connectivity index (χ2v) is 8.95. The SMILES string of the molecule is CCN(CC)S(=O)(=O)c1ccc(F)c(C(=O)Nc2c(F)cccc2N2CCCC2)c1. The molecular weight excluding hydrogens is 412 g/mol. The molecule has 0 spiro atoms. The molecule has 1 aliphatic heterocycles. The first kappa shape index (κ1) is 22.2. The lowest BCUT2D eigenvalue weighted by molar-refractivity contribution is 0.102. The summed E-state index contributed by atoms with van der Waals surface area (Å²) in [6.07, 6.45) is 1.92. The number of amides is 1. The fraction of sp³-hybridized carbons (Fsp3) is 0.381. The highest BCUT2D eigenvalue weighted by atomic mass is 32.2. The summed E-state index contributed by atoms with van der Waals surface area (Å²) >= 11 is 0. The van der Waals surface area contributed by atoms with E-state index >= 15 is 0 Å². The van der Waals surface area contributed by atoms with Crippen LogP contribution in [-0.4, -0.2) is 44.8 Å². The molecule has 0 unspecified atom stereocenters. The number of carbonyl (C=O) groups excluding carboxylic acids is 1. The molecule has 6 nitrogen and oxygen atoms in total. The Hall–Kier alpha value is -2.52. The van der Waals surface area contributed by atoms with E-state index in [4.69, 9.17) is 0 Å². The van der Waals surface area contributed by atoms with E-state index in [1.807, 2.05) is 4.90 Å². The second-order valence-electron chi connectivity index (χ2n) is 7.01. The predicted molar refractivity (Wildman–Crippen MR) is 112 cm³/mol. The number of carbonyl (C=O) groups is 1. The van der Waals surface area contributed by atoms with Crippen LogP contribution in [0.1, 0.15) is 37.0 Å². The Labute approximate surface area is 175 Å². The van der Waals surface area contributed by atoms with Crippen molar-refractivity contribution in [2.75, 3.05) is 36.4 Å². The molecule has 1 fully saturated rings. The van der Waals surface area contributed by atoms with Crippen molar-refractivity contribution in [2.24, 2.45) is 0 Å². The maximum Gasteiger partial charge on any atom is 0.258 e. The molecular formula is C21H25F2N3O3S. The number of hydrogen-bond acceptors (Lipinski definition) is 4. The van der Waals surface area contributed by atoms with Gasteiger partial charge in [0.25, 0.3) is 5.91 Å². The van der Waals surface area contributed by atoms with Gasteiger partial charge in [-0.2, -0.15) is 4.31 Å². The van der Waals surface area contributed by atoms with Gasteiger partial charge in [-0.15, -0.1) is 0 Å². The Morgan fingerprint density at radius 3 is 2.37 bits per heavy atom. The molecule has 162 valence electrons. The Bertz CT molecular complexity index is 1030. The van der Waals surface area contributed by atoms with E-state index in [1.165, 1.54) is 10.4 Å². The van der Waals surface area contributed by atoms with Crippen molar-refractivity contribution in [2.45, 2.75) is 31.6 Å². The van der Waals surface area contributed by atoms with Gasteiger partial charge in [0, 0.05) is 26.2 Å². The minimum Gasteiger partial charge on any atom is -0.370 e. The number of benzene rings is 2. The Morgan fingerprint density at radius 1 is 1.07 bits per heavy atom. The van der Waals surface area contributed by atoms with Crippen LogP contribution >= 0.6 is 0 Å². The Kier molecular flexibility index (Phi) is 6.72. The van der Waals surface area contributed by atoms with E-state index in [9.17, 15) is 22.0 Å². The maximum absolute atomic E-state index is 14.5. The molecule has 1 amide bonds. The zero-order chi connectivity index (χ0) is 21.9. The highest BCUT2D eigenvalue weighted by molar-refractivity contribution is 7.89. The molecule has 2 aromatic rings. The van der Waals surface area contributed by atoms with Crippen molar-refractivity contribution in [3.63, 3.8) is 0 Å². The van der Waals surface area contributed by atoms with Gasteiger partial charge in [-0.05, 0) is 43.2 Å². The fourth-order valence-corrected chi connectivity index (χ4v) is 5.08. The molecule has 0 radical (unpaired) electrons. The maximum atomic E-state index is 14.5. The van der Waals surface area contributed by atoms with Gasteiger partial charge in [-0.25, -0.2) is 17.2 Å². The molecule has 3 rings (SSSR count). The minimum atomic E-state index is -3.87. The number of sulfonamides is 1. The molecule has 0 saturated carbocycles. The molecule has 0 atom stereocenters. The first-order valence-electron chi connectivity index (χ1n) is 9.94. The van der Waals surface area contributed by atoms with Gasteiger partial charge in [-0.3, -0.25) is 4.79 Å². The molecule has 9 heteroatoms. The van der Waals surface area contributed by atoms with Crippen molar-refractivity contribution in [3.05, 3.63) is 53.6 Å². The van der Waals surface area contributed by atoms with Crippen LogP contribution in [-0.2, 0) is 10.0 Å². The molecule has 0 aliphatic carbocycles. The van der Waals surface area contributed by atoms with Gasteiger partial charge in [0.2, 0.25) is 10.0 Å². The summed E-state index contributed by atoms with van der Waals surface area (Å²) in [7, 11) is -3.87. The van der Waals surface area contributed by atoms with Crippen molar-refractivity contribution in [1.82, 2.24) is 4.31 Å². The number of para-hydroxylation sites is 1. The summed E-state index contributed by atoms with van der Waals surface area (Å²) in [6.45, 7) is 5.33. The monoisotopic (exact) mass is 437 g/mol. The van der Waals surface area contributed by atoms with Crippen molar-refractivity contribution in [3.8, 4) is 0 Å². The lowest BCUT2D eigenvalue weighted by Crippen LogP contribution is -2.31. The summed E-state index contributed by atoms with van der Waals surface area (Å²) in [5, 5.41) is 2.44. The third-order valence-corrected chi connectivity index (χ3v) is 7.25. The van der Waals surface area contributed by atoms with Gasteiger partial charge in [0.15, 0.2) is 0 Å². The number of nitrogens with one attached hydrogen (secondary N) is 1. The number of rotatable bonds is 7. The normalized spacial score (nSPS) is 14.4. The van der Waals surface area contributed by atoms with Crippen molar-refractivity contribution in [1.29, 1.82) is 0 Å². The zero-order valence-corrected chi connectivity index (χ0v) is 17.8. The molecule has 1 aliphatic rings. The number of hydrogen-bond donors (Lipinski definition) is 1. The summed E-state index contributed by atoms with van der Waals surface area (Å²) < 4.78 is 55.6. The minimum absolute atomic E-state index is 0.0409. The lowest BCUT2D eigenvalue weighted by Gasteiger charge is -2.22. The van der Waals surface area contributed by atoms with Crippen LogP contribution in [0.15, 0.2) is 41.3 Å². The Morgan fingerprint density at radius 2 is 1.73 bits per heavy atom. The number of halogens is 2. The van der Waals surface area contributed by atoms with E-state index in [-0.39, 0.29) is 23.7 Å². The van der Waals surface area contributed by atoms with Crippen LogP contribution in [0.2, 0.25) is 0 Å². The first-order valence-corrected chi connectivity index (χ1v) is 11.4. The van der Waals surface area contributed by atoms with Gasteiger partial charge >= 0.3 is 0 Å². The Balaban J connectivity index is 1.96. The molecule has 2 aromatic carbocycles. The van der Waals surface area contributed by atoms with Crippen LogP contribution in [0.25, 0.3) is 0 Å².